The van der Waals surface area contributed by atoms with Gasteiger partial charge in [-0.1, -0.05) is 6.92 Å². The van der Waals surface area contributed by atoms with E-state index in [1.165, 1.54) is 12.1 Å². The Hall–Kier alpha value is -1.71. The second kappa shape index (κ2) is 6.00. The maximum Gasteiger partial charge on any atom is 0.260 e. The predicted octanol–water partition coefficient (Wildman–Crippen LogP) is 1.69. The normalized spacial score (nSPS) is 11.9. The lowest BCUT2D eigenvalue weighted by molar-refractivity contribution is -0.127. The van der Waals surface area contributed by atoms with Gasteiger partial charge in [-0.05, 0) is 37.6 Å². The van der Waals surface area contributed by atoms with Crippen LogP contribution in [-0.2, 0) is 4.79 Å². The van der Waals surface area contributed by atoms with Crippen molar-refractivity contribution in [1.29, 1.82) is 0 Å². The number of amides is 1. The molecule has 0 aliphatic heterocycles. The van der Waals surface area contributed by atoms with Crippen LogP contribution in [0, 0.1) is 0 Å². The van der Waals surface area contributed by atoms with Gasteiger partial charge in [-0.15, -0.1) is 0 Å². The summed E-state index contributed by atoms with van der Waals surface area (Å²) < 4.78 is 5.41. The van der Waals surface area contributed by atoms with Crippen molar-refractivity contribution < 1.29 is 14.6 Å². The molecule has 1 rings (SSSR count). The predicted molar refractivity (Wildman–Crippen MR) is 61.5 cm³/mol. The van der Waals surface area contributed by atoms with Gasteiger partial charge in [-0.3, -0.25) is 4.79 Å². The van der Waals surface area contributed by atoms with Crippen LogP contribution < -0.4 is 10.1 Å². The number of carbonyl (C=O) groups excluding carboxylic acids is 1. The first-order chi connectivity index (χ1) is 7.63. The molecule has 0 aliphatic rings. The summed E-state index contributed by atoms with van der Waals surface area (Å²) in [5, 5.41) is 11.8. The van der Waals surface area contributed by atoms with Crippen LogP contribution in [0.5, 0.6) is 11.5 Å². The van der Waals surface area contributed by atoms with Gasteiger partial charge >= 0.3 is 0 Å². The Morgan fingerprint density at radius 2 is 2.06 bits per heavy atom. The van der Waals surface area contributed by atoms with E-state index in [2.05, 4.69) is 5.32 Å². The molecule has 0 saturated heterocycles. The summed E-state index contributed by atoms with van der Waals surface area (Å²) in [5.41, 5.74) is 0. The Bertz CT molecular complexity index is 335. The largest absolute Gasteiger partial charge is 0.508 e. The molecule has 1 unspecified atom stereocenters. The molecular weight excluding hydrogens is 206 g/mol. The number of nitrogens with one attached hydrogen (secondary N) is 1. The Kier molecular flexibility index (Phi) is 4.64. The quantitative estimate of drug-likeness (QED) is 0.798. The molecule has 1 aromatic rings. The summed E-state index contributed by atoms with van der Waals surface area (Å²) in [6.07, 6.45) is 0.369. The highest BCUT2D eigenvalue weighted by Gasteiger charge is 2.13. The van der Waals surface area contributed by atoms with Crippen LogP contribution in [0.2, 0.25) is 0 Å². The van der Waals surface area contributed by atoms with Gasteiger partial charge in [0.2, 0.25) is 0 Å². The van der Waals surface area contributed by atoms with Gasteiger partial charge in [-0.2, -0.15) is 0 Å². The zero-order valence-electron chi connectivity index (χ0n) is 9.56. The number of phenolic OH excluding ortho intramolecular Hbond substituents is 1. The second-order valence-corrected chi connectivity index (χ2v) is 3.55. The average Bonchev–Trinajstić information content (AvgIpc) is 2.29. The van der Waals surface area contributed by atoms with Gasteiger partial charge in [0.25, 0.3) is 5.91 Å². The van der Waals surface area contributed by atoms with E-state index in [1.54, 1.807) is 19.1 Å². The van der Waals surface area contributed by atoms with Gasteiger partial charge in [0, 0.05) is 6.54 Å². The molecule has 0 fully saturated rings. The molecule has 0 spiro atoms. The SMILES string of the molecule is CCCNC(=O)C(C)Oc1ccc(O)cc1. The fourth-order valence-corrected chi connectivity index (χ4v) is 1.17. The highest BCUT2D eigenvalue weighted by atomic mass is 16.5. The molecule has 88 valence electrons. The molecule has 4 nitrogen and oxygen atoms in total. The van der Waals surface area contributed by atoms with E-state index in [4.69, 9.17) is 9.84 Å². The lowest BCUT2D eigenvalue weighted by Crippen LogP contribution is -2.36. The minimum atomic E-state index is -0.531. The Balaban J connectivity index is 2.47. The third kappa shape index (κ3) is 3.81. The van der Waals surface area contributed by atoms with Gasteiger partial charge in [0.05, 0.1) is 0 Å². The van der Waals surface area contributed by atoms with Crippen LogP contribution in [0.3, 0.4) is 0 Å². The first-order valence-electron chi connectivity index (χ1n) is 5.37. The van der Waals surface area contributed by atoms with Crippen molar-refractivity contribution in [3.8, 4) is 11.5 Å². The Labute approximate surface area is 95.2 Å². The van der Waals surface area contributed by atoms with E-state index >= 15 is 0 Å². The zero-order chi connectivity index (χ0) is 12.0. The van der Waals surface area contributed by atoms with Crippen LogP contribution in [0.25, 0.3) is 0 Å². The van der Waals surface area contributed by atoms with Crippen LogP contribution in [0.1, 0.15) is 20.3 Å². The van der Waals surface area contributed by atoms with Crippen LogP contribution in [-0.4, -0.2) is 23.7 Å². The van der Waals surface area contributed by atoms with E-state index < -0.39 is 6.10 Å². The molecule has 0 heterocycles. The number of phenols is 1. The van der Waals surface area contributed by atoms with E-state index in [9.17, 15) is 4.79 Å². The van der Waals surface area contributed by atoms with E-state index in [-0.39, 0.29) is 11.7 Å². The molecular formula is C12H17NO3. The first-order valence-corrected chi connectivity index (χ1v) is 5.37. The van der Waals surface area contributed by atoms with Gasteiger partial charge in [0.15, 0.2) is 6.10 Å². The highest BCUT2D eigenvalue weighted by molar-refractivity contribution is 5.80. The summed E-state index contributed by atoms with van der Waals surface area (Å²) in [7, 11) is 0. The van der Waals surface area contributed by atoms with E-state index in [0.29, 0.717) is 12.3 Å². The molecule has 1 atom stereocenters. The molecule has 0 aromatic heterocycles. The highest BCUT2D eigenvalue weighted by Crippen LogP contribution is 2.17. The van der Waals surface area contributed by atoms with E-state index in [0.717, 1.165) is 6.42 Å². The molecule has 0 saturated carbocycles. The van der Waals surface area contributed by atoms with Gasteiger partial charge in [0.1, 0.15) is 11.5 Å². The summed E-state index contributed by atoms with van der Waals surface area (Å²) >= 11 is 0. The number of carbonyl (C=O) groups is 1. The minimum Gasteiger partial charge on any atom is -0.508 e. The number of rotatable bonds is 5. The van der Waals surface area contributed by atoms with E-state index in [1.807, 2.05) is 6.92 Å². The topological polar surface area (TPSA) is 58.6 Å². The van der Waals surface area contributed by atoms with Crippen molar-refractivity contribution in [3.63, 3.8) is 0 Å². The molecule has 4 heteroatoms. The van der Waals surface area contributed by atoms with Crippen molar-refractivity contribution in [1.82, 2.24) is 5.32 Å². The smallest absolute Gasteiger partial charge is 0.260 e. The summed E-state index contributed by atoms with van der Waals surface area (Å²) in [6.45, 7) is 4.34. The lowest BCUT2D eigenvalue weighted by atomic mass is 10.3. The first kappa shape index (κ1) is 12.4. The summed E-state index contributed by atoms with van der Waals surface area (Å²) in [6, 6.07) is 6.29. The molecule has 16 heavy (non-hydrogen) atoms. The molecule has 2 N–H and O–H groups in total. The van der Waals surface area contributed by atoms with Crippen molar-refractivity contribution in [2.24, 2.45) is 0 Å². The average molecular weight is 223 g/mol. The third-order valence-electron chi connectivity index (χ3n) is 2.07. The molecule has 0 bridgehead atoms. The van der Waals surface area contributed by atoms with Gasteiger partial charge < -0.3 is 15.2 Å². The third-order valence-corrected chi connectivity index (χ3v) is 2.07. The molecule has 1 aromatic carbocycles. The van der Waals surface area contributed by atoms with Crippen molar-refractivity contribution in [2.45, 2.75) is 26.4 Å². The van der Waals surface area contributed by atoms with Crippen LogP contribution in [0.15, 0.2) is 24.3 Å². The second-order valence-electron chi connectivity index (χ2n) is 3.55. The Morgan fingerprint density at radius 3 is 2.62 bits per heavy atom. The minimum absolute atomic E-state index is 0.130. The van der Waals surface area contributed by atoms with Crippen molar-refractivity contribution in [3.05, 3.63) is 24.3 Å². The molecule has 1 amide bonds. The standard InChI is InChI=1S/C12H17NO3/c1-3-8-13-12(15)9(2)16-11-6-4-10(14)5-7-11/h4-7,9,14H,3,8H2,1-2H3,(H,13,15). The summed E-state index contributed by atoms with van der Waals surface area (Å²) in [5.74, 6) is 0.613. The molecule has 0 radical (unpaired) electrons. The summed E-state index contributed by atoms with van der Waals surface area (Å²) in [4.78, 5) is 11.5. The number of hydrogen-bond donors (Lipinski definition) is 2. The number of aromatic hydroxyl groups is 1. The fourth-order valence-electron chi connectivity index (χ4n) is 1.17. The number of benzene rings is 1. The van der Waals surface area contributed by atoms with Crippen LogP contribution >= 0.6 is 0 Å². The van der Waals surface area contributed by atoms with Crippen LogP contribution in [0.4, 0.5) is 0 Å². The van der Waals surface area contributed by atoms with Crippen molar-refractivity contribution >= 4 is 5.91 Å². The number of hydrogen-bond acceptors (Lipinski definition) is 3. The maximum absolute atomic E-state index is 11.5. The maximum atomic E-state index is 11.5. The lowest BCUT2D eigenvalue weighted by Gasteiger charge is -2.14. The monoisotopic (exact) mass is 223 g/mol. The Morgan fingerprint density at radius 1 is 1.44 bits per heavy atom. The fraction of sp³-hybridized carbons (Fsp3) is 0.417. The number of ether oxygens (including phenoxy) is 1. The van der Waals surface area contributed by atoms with Gasteiger partial charge in [-0.25, -0.2) is 0 Å². The van der Waals surface area contributed by atoms with Crippen molar-refractivity contribution in [2.75, 3.05) is 6.54 Å². The zero-order valence-corrected chi connectivity index (χ0v) is 9.56. The molecule has 0 aliphatic carbocycles.